The molecule has 4 rings (SSSR count). The molecule has 0 saturated heterocycles. The molecule has 3 aromatic carbocycles. The molecule has 0 spiro atoms. The summed E-state index contributed by atoms with van der Waals surface area (Å²) >= 11 is 25.6. The lowest BCUT2D eigenvalue weighted by Gasteiger charge is -2.10. The zero-order chi connectivity index (χ0) is 23.9. The zero-order valence-electron chi connectivity index (χ0n) is 16.5. The Morgan fingerprint density at radius 2 is 1.45 bits per heavy atom. The van der Waals surface area contributed by atoms with Crippen molar-refractivity contribution < 1.29 is 14.0 Å². The third-order valence-electron chi connectivity index (χ3n) is 5.16. The van der Waals surface area contributed by atoms with Crippen molar-refractivity contribution >= 4 is 89.9 Å². The van der Waals surface area contributed by atoms with Crippen molar-refractivity contribution in [3.63, 3.8) is 0 Å². The number of nitrogens with one attached hydrogen (secondary N) is 2. The third-order valence-corrected chi connectivity index (χ3v) is 7.90. The molecule has 0 heterocycles. The van der Waals surface area contributed by atoms with Gasteiger partial charge in [0.15, 0.2) is 0 Å². The van der Waals surface area contributed by atoms with Gasteiger partial charge >= 0.3 is 0 Å². The number of anilines is 2. The van der Waals surface area contributed by atoms with Crippen LogP contribution < -0.4 is 10.6 Å². The average Bonchev–Trinajstić information content (AvgIpc) is 3.32. The van der Waals surface area contributed by atoms with Gasteiger partial charge < -0.3 is 10.6 Å². The van der Waals surface area contributed by atoms with E-state index in [1.807, 2.05) is 0 Å². The molecule has 0 unspecified atom stereocenters. The second-order valence-electron chi connectivity index (χ2n) is 7.48. The number of hydrogen-bond donors (Lipinski definition) is 2. The number of halogens is 6. The lowest BCUT2D eigenvalue weighted by molar-refractivity contribution is -0.117. The summed E-state index contributed by atoms with van der Waals surface area (Å²) in [6.45, 7) is 0. The summed E-state index contributed by atoms with van der Waals surface area (Å²) in [6.07, 6.45) is 0. The first-order valence-electron chi connectivity index (χ1n) is 9.57. The van der Waals surface area contributed by atoms with Crippen molar-refractivity contribution in [3.8, 4) is 0 Å². The average molecular weight is 636 g/mol. The van der Waals surface area contributed by atoms with Gasteiger partial charge in [-0.3, -0.25) is 9.59 Å². The van der Waals surface area contributed by atoms with Crippen LogP contribution in [0.3, 0.4) is 0 Å². The summed E-state index contributed by atoms with van der Waals surface area (Å²) < 4.78 is 12.4. The predicted octanol–water partition coefficient (Wildman–Crippen LogP) is 7.88. The molecule has 2 N–H and O–H groups in total. The SMILES string of the molecule is O=C(Nc1ccc(F)cc1)c1cc(NC(=O)[C@@H]2[C@@H](c3cc(Cl)cc(Cl)c3)C2(Br)Br)ccc1Cl. The van der Waals surface area contributed by atoms with Crippen LogP contribution in [0.15, 0.2) is 60.7 Å². The molecule has 4 nitrogen and oxygen atoms in total. The van der Waals surface area contributed by atoms with Crippen LogP contribution in [0.4, 0.5) is 15.8 Å². The highest BCUT2D eigenvalue weighted by atomic mass is 79.9. The number of rotatable bonds is 5. The van der Waals surface area contributed by atoms with Gasteiger partial charge in [-0.25, -0.2) is 4.39 Å². The van der Waals surface area contributed by atoms with Gasteiger partial charge in [-0.05, 0) is 66.2 Å². The minimum Gasteiger partial charge on any atom is -0.326 e. The third kappa shape index (κ3) is 5.38. The molecule has 2 atom stereocenters. The van der Waals surface area contributed by atoms with Crippen LogP contribution in [0.1, 0.15) is 21.8 Å². The molecule has 0 aliphatic heterocycles. The van der Waals surface area contributed by atoms with Crippen LogP contribution in [-0.2, 0) is 4.79 Å². The molecule has 3 aromatic rings. The van der Waals surface area contributed by atoms with Crippen molar-refractivity contribution in [3.05, 3.63) is 92.7 Å². The maximum Gasteiger partial charge on any atom is 0.257 e. The van der Waals surface area contributed by atoms with Gasteiger partial charge in [0.25, 0.3) is 5.91 Å². The van der Waals surface area contributed by atoms with Crippen LogP contribution in [-0.4, -0.2) is 15.0 Å². The summed E-state index contributed by atoms with van der Waals surface area (Å²) in [6, 6.07) is 15.1. The maximum absolute atomic E-state index is 13.1. The van der Waals surface area contributed by atoms with Crippen molar-refractivity contribution in [2.75, 3.05) is 10.6 Å². The van der Waals surface area contributed by atoms with Crippen LogP contribution >= 0.6 is 66.7 Å². The highest BCUT2D eigenvalue weighted by Crippen LogP contribution is 2.67. The fraction of sp³-hybridized carbons (Fsp3) is 0.130. The van der Waals surface area contributed by atoms with E-state index in [2.05, 4.69) is 42.5 Å². The van der Waals surface area contributed by atoms with Gasteiger partial charge in [-0.2, -0.15) is 0 Å². The smallest absolute Gasteiger partial charge is 0.257 e. The minimum absolute atomic E-state index is 0.164. The molecular weight excluding hydrogens is 621 g/mol. The van der Waals surface area contributed by atoms with E-state index in [0.29, 0.717) is 21.4 Å². The van der Waals surface area contributed by atoms with Gasteiger partial charge in [-0.1, -0.05) is 66.7 Å². The monoisotopic (exact) mass is 632 g/mol. The summed E-state index contributed by atoms with van der Waals surface area (Å²) in [5.74, 6) is -1.83. The van der Waals surface area contributed by atoms with E-state index in [-0.39, 0.29) is 22.4 Å². The largest absolute Gasteiger partial charge is 0.326 e. The Kier molecular flexibility index (Phi) is 7.08. The molecule has 1 aliphatic carbocycles. The fourth-order valence-corrected chi connectivity index (χ4v) is 6.03. The molecule has 0 radical (unpaired) electrons. The first kappa shape index (κ1) is 24.5. The lowest BCUT2D eigenvalue weighted by Crippen LogP contribution is -2.18. The number of alkyl halides is 2. The Hall–Kier alpha value is -1.64. The van der Waals surface area contributed by atoms with Crippen LogP contribution in [0, 0.1) is 11.7 Å². The summed E-state index contributed by atoms with van der Waals surface area (Å²) in [5.41, 5.74) is 1.80. The van der Waals surface area contributed by atoms with Gasteiger partial charge in [-0.15, -0.1) is 0 Å². The molecule has 0 aromatic heterocycles. The Bertz CT molecular complexity index is 1230. The number of hydrogen-bond acceptors (Lipinski definition) is 2. The van der Waals surface area contributed by atoms with E-state index in [9.17, 15) is 14.0 Å². The van der Waals surface area contributed by atoms with Crippen molar-refractivity contribution in [2.45, 2.75) is 9.15 Å². The van der Waals surface area contributed by atoms with Crippen LogP contribution in [0.25, 0.3) is 0 Å². The van der Waals surface area contributed by atoms with Crippen molar-refractivity contribution in [1.29, 1.82) is 0 Å². The zero-order valence-corrected chi connectivity index (χ0v) is 22.0. The summed E-state index contributed by atoms with van der Waals surface area (Å²) in [7, 11) is 0. The van der Waals surface area contributed by atoms with Gasteiger partial charge in [0, 0.05) is 27.3 Å². The summed E-state index contributed by atoms with van der Waals surface area (Å²) in [4.78, 5) is 25.7. The molecule has 33 heavy (non-hydrogen) atoms. The topological polar surface area (TPSA) is 58.2 Å². The van der Waals surface area contributed by atoms with Crippen LogP contribution in [0.5, 0.6) is 0 Å². The van der Waals surface area contributed by atoms with E-state index in [1.54, 1.807) is 24.3 Å². The second kappa shape index (κ2) is 9.55. The predicted molar refractivity (Wildman–Crippen MR) is 138 cm³/mol. The van der Waals surface area contributed by atoms with Crippen molar-refractivity contribution in [2.24, 2.45) is 5.92 Å². The summed E-state index contributed by atoms with van der Waals surface area (Å²) in [5, 5.41) is 6.65. The highest BCUT2D eigenvalue weighted by molar-refractivity contribution is 9.25. The first-order valence-corrected chi connectivity index (χ1v) is 12.3. The van der Waals surface area contributed by atoms with Crippen LogP contribution in [0.2, 0.25) is 15.1 Å². The minimum atomic E-state index is -0.659. The molecule has 1 saturated carbocycles. The lowest BCUT2D eigenvalue weighted by atomic mass is 10.1. The Balaban J connectivity index is 1.50. The first-order chi connectivity index (χ1) is 15.6. The number of carbonyl (C=O) groups excluding carboxylic acids is 2. The molecule has 1 aliphatic rings. The molecule has 1 fully saturated rings. The molecular formula is C23H14Br2Cl3FN2O2. The van der Waals surface area contributed by atoms with Gasteiger partial charge in [0.1, 0.15) is 9.05 Å². The quantitative estimate of drug-likeness (QED) is 0.281. The van der Waals surface area contributed by atoms with Gasteiger partial charge in [0.05, 0.1) is 16.5 Å². The van der Waals surface area contributed by atoms with E-state index in [4.69, 9.17) is 34.8 Å². The number of benzene rings is 3. The molecule has 2 amide bonds. The molecule has 10 heteroatoms. The van der Waals surface area contributed by atoms with Crippen molar-refractivity contribution in [1.82, 2.24) is 0 Å². The van der Waals surface area contributed by atoms with E-state index >= 15 is 0 Å². The Morgan fingerprint density at radius 3 is 2.09 bits per heavy atom. The number of amides is 2. The Labute approximate surface area is 221 Å². The van der Waals surface area contributed by atoms with E-state index < -0.39 is 20.9 Å². The second-order valence-corrected chi connectivity index (χ2v) is 12.4. The Morgan fingerprint density at radius 1 is 0.848 bits per heavy atom. The maximum atomic E-state index is 13.1. The van der Waals surface area contributed by atoms with E-state index in [1.165, 1.54) is 36.4 Å². The fourth-order valence-electron chi connectivity index (χ4n) is 3.55. The normalized spacial score (nSPS) is 18.5. The molecule has 0 bridgehead atoms. The standard InChI is InChI=1S/C23H14Br2Cl3FN2O2/c24-23(25)19(11-7-12(26)9-13(27)8-11)20(23)22(33)31-16-5-6-18(28)17(10-16)21(32)30-15-3-1-14(29)2-4-15/h1-10,19-20H,(H,30,32)(H,31,33)/t19-,20+/m1/s1. The van der Waals surface area contributed by atoms with Gasteiger partial charge in [0.2, 0.25) is 5.91 Å². The number of carbonyl (C=O) groups is 2. The van der Waals surface area contributed by atoms with E-state index in [0.717, 1.165) is 5.56 Å². The molecule has 170 valence electrons. The highest BCUT2D eigenvalue weighted by Gasteiger charge is 2.66.